The van der Waals surface area contributed by atoms with Gasteiger partial charge in [-0.3, -0.25) is 0 Å². The van der Waals surface area contributed by atoms with Gasteiger partial charge in [0.05, 0.1) is 40.0 Å². The zero-order valence-corrected chi connectivity index (χ0v) is 31.4. The Morgan fingerprint density at radius 2 is 0.800 bits per heavy atom. The van der Waals surface area contributed by atoms with E-state index in [0.29, 0.717) is 41.5 Å². The summed E-state index contributed by atoms with van der Waals surface area (Å²) < 4.78 is 16.7. The molecule has 2 aromatic heterocycles. The highest BCUT2D eigenvalue weighted by Gasteiger charge is 2.25. The Bertz CT molecular complexity index is 2640. The summed E-state index contributed by atoms with van der Waals surface area (Å²) in [4.78, 5) is 0. The minimum atomic E-state index is 0.141. The molecule has 0 spiro atoms. The standard InChI is InChI=1S/C49H42N2O4/c1-5-54-22-23-55-49-39(37-24-31(3)28-45(47(37)52)50-41-18-10-6-14-33(41)34-15-7-11-19-42(34)50)26-30(2)27-40(49)38-25-32(4)29-46(48(38)53)51-43-20-12-8-16-35(43)36-17-9-13-21-44(36)51/h6-21,24-29,52-53H,5,22-23H2,1-4H3. The average molecular weight is 723 g/mol. The number of rotatable bonds is 9. The van der Waals surface area contributed by atoms with E-state index in [2.05, 4.69) is 83.6 Å². The second-order valence-electron chi connectivity index (χ2n) is 14.3. The van der Waals surface area contributed by atoms with E-state index < -0.39 is 0 Å². The molecule has 0 amide bonds. The van der Waals surface area contributed by atoms with Crippen LogP contribution in [-0.4, -0.2) is 39.2 Å². The zero-order chi connectivity index (χ0) is 37.8. The highest BCUT2D eigenvalue weighted by atomic mass is 16.5. The van der Waals surface area contributed by atoms with Crippen molar-refractivity contribution in [3.8, 4) is 50.9 Å². The number of aromatic hydroxyl groups is 2. The molecule has 2 heterocycles. The van der Waals surface area contributed by atoms with Crippen LogP contribution in [0.1, 0.15) is 23.6 Å². The SMILES string of the molecule is CCOCCOc1c(-c2cc(C)cc(-n3c4ccccc4c4ccccc43)c2O)cc(C)cc1-c1cc(C)cc(-n2c3ccccc3c3ccccc32)c1O. The topological polar surface area (TPSA) is 68.8 Å². The molecule has 0 aliphatic heterocycles. The van der Waals surface area contributed by atoms with Crippen molar-refractivity contribution in [2.75, 3.05) is 19.8 Å². The molecule has 9 aromatic rings. The third-order valence-electron chi connectivity index (χ3n) is 10.6. The van der Waals surface area contributed by atoms with Gasteiger partial charge in [-0.05, 0) is 105 Å². The van der Waals surface area contributed by atoms with Gasteiger partial charge < -0.3 is 28.8 Å². The summed E-state index contributed by atoms with van der Waals surface area (Å²) in [6.07, 6.45) is 0. The van der Waals surface area contributed by atoms with E-state index in [1.807, 2.05) is 86.6 Å². The van der Waals surface area contributed by atoms with Gasteiger partial charge in [0.15, 0.2) is 0 Å². The largest absolute Gasteiger partial charge is 0.505 e. The van der Waals surface area contributed by atoms with Crippen molar-refractivity contribution in [1.29, 1.82) is 0 Å². The summed E-state index contributed by atoms with van der Waals surface area (Å²) in [6.45, 7) is 9.35. The molecule has 272 valence electrons. The Hall–Kier alpha value is -6.50. The van der Waals surface area contributed by atoms with Crippen molar-refractivity contribution in [2.45, 2.75) is 27.7 Å². The first kappa shape index (κ1) is 34.3. The van der Waals surface area contributed by atoms with Crippen LogP contribution in [0.15, 0.2) is 133 Å². The number of hydrogen-bond donors (Lipinski definition) is 2. The third kappa shape index (κ3) is 5.69. The van der Waals surface area contributed by atoms with E-state index in [-0.39, 0.29) is 18.1 Å². The molecule has 9 rings (SSSR count). The lowest BCUT2D eigenvalue weighted by molar-refractivity contribution is 0.110. The van der Waals surface area contributed by atoms with Gasteiger partial charge in [-0.1, -0.05) is 72.8 Å². The van der Waals surface area contributed by atoms with Crippen molar-refractivity contribution in [3.63, 3.8) is 0 Å². The fraction of sp³-hybridized carbons (Fsp3) is 0.143. The molecule has 0 fully saturated rings. The lowest BCUT2D eigenvalue weighted by Gasteiger charge is -2.22. The molecule has 0 aliphatic carbocycles. The minimum Gasteiger partial charge on any atom is -0.505 e. The number of aromatic nitrogens is 2. The van der Waals surface area contributed by atoms with E-state index in [1.54, 1.807) is 0 Å². The second-order valence-corrected chi connectivity index (χ2v) is 14.3. The first-order chi connectivity index (χ1) is 26.8. The molecule has 0 aliphatic rings. The summed E-state index contributed by atoms with van der Waals surface area (Å²) in [6, 6.07) is 45.4. The molecule has 0 unspecified atom stereocenters. The van der Waals surface area contributed by atoms with Gasteiger partial charge in [0.2, 0.25) is 0 Å². The number of hydrogen-bond acceptors (Lipinski definition) is 4. The normalized spacial score (nSPS) is 11.7. The van der Waals surface area contributed by atoms with Crippen LogP contribution in [0.5, 0.6) is 17.2 Å². The van der Waals surface area contributed by atoms with Gasteiger partial charge >= 0.3 is 0 Å². The van der Waals surface area contributed by atoms with Gasteiger partial charge in [-0.2, -0.15) is 0 Å². The maximum absolute atomic E-state index is 12.5. The summed E-state index contributed by atoms with van der Waals surface area (Å²) in [5, 5.41) is 29.4. The molecule has 6 nitrogen and oxygen atoms in total. The van der Waals surface area contributed by atoms with Crippen LogP contribution in [0.3, 0.4) is 0 Å². The summed E-state index contributed by atoms with van der Waals surface area (Å²) in [5.74, 6) is 0.846. The third-order valence-corrected chi connectivity index (χ3v) is 10.6. The fourth-order valence-electron chi connectivity index (χ4n) is 8.31. The smallest absolute Gasteiger partial charge is 0.147 e. The lowest BCUT2D eigenvalue weighted by atomic mass is 9.91. The van der Waals surface area contributed by atoms with Crippen molar-refractivity contribution in [1.82, 2.24) is 9.13 Å². The minimum absolute atomic E-state index is 0.141. The summed E-state index contributed by atoms with van der Waals surface area (Å²) >= 11 is 0. The van der Waals surface area contributed by atoms with Crippen LogP contribution in [-0.2, 0) is 4.74 Å². The first-order valence-electron chi connectivity index (χ1n) is 18.8. The Morgan fingerprint density at radius 1 is 0.455 bits per heavy atom. The molecule has 7 aromatic carbocycles. The molecular formula is C49H42N2O4. The predicted molar refractivity (Wildman–Crippen MR) is 226 cm³/mol. The zero-order valence-electron chi connectivity index (χ0n) is 31.4. The van der Waals surface area contributed by atoms with Crippen molar-refractivity contribution in [2.24, 2.45) is 0 Å². The van der Waals surface area contributed by atoms with Crippen LogP contribution < -0.4 is 4.74 Å². The Balaban J connectivity index is 1.30. The van der Waals surface area contributed by atoms with Crippen molar-refractivity contribution in [3.05, 3.63) is 150 Å². The van der Waals surface area contributed by atoms with Gasteiger partial charge in [-0.15, -0.1) is 0 Å². The number of fused-ring (bicyclic) bond motifs is 6. The molecule has 6 heteroatoms. The maximum atomic E-state index is 12.5. The predicted octanol–water partition coefficient (Wildman–Crippen LogP) is 12.0. The van der Waals surface area contributed by atoms with Crippen LogP contribution in [0.2, 0.25) is 0 Å². The van der Waals surface area contributed by atoms with Gasteiger partial charge in [-0.25, -0.2) is 0 Å². The van der Waals surface area contributed by atoms with Crippen LogP contribution in [0.25, 0.3) is 77.2 Å². The number of nitrogens with zero attached hydrogens (tertiary/aromatic N) is 2. The van der Waals surface area contributed by atoms with Crippen molar-refractivity contribution >= 4 is 43.6 Å². The van der Waals surface area contributed by atoms with E-state index >= 15 is 0 Å². The highest BCUT2D eigenvalue weighted by molar-refractivity contribution is 6.11. The monoisotopic (exact) mass is 722 g/mol. The van der Waals surface area contributed by atoms with Gasteiger partial charge in [0, 0.05) is 50.4 Å². The van der Waals surface area contributed by atoms with Crippen LogP contribution in [0.4, 0.5) is 0 Å². The lowest BCUT2D eigenvalue weighted by Crippen LogP contribution is -2.08. The number of ether oxygens (including phenoxy) is 2. The quantitative estimate of drug-likeness (QED) is 0.146. The molecule has 0 saturated heterocycles. The molecular weight excluding hydrogens is 681 g/mol. The molecule has 55 heavy (non-hydrogen) atoms. The fourth-order valence-corrected chi connectivity index (χ4v) is 8.31. The summed E-state index contributed by atoms with van der Waals surface area (Å²) in [7, 11) is 0. The molecule has 2 N–H and O–H groups in total. The average Bonchev–Trinajstić information content (AvgIpc) is 3.71. The Labute approximate surface area is 320 Å². The van der Waals surface area contributed by atoms with E-state index in [1.165, 1.54) is 0 Å². The molecule has 0 atom stereocenters. The maximum Gasteiger partial charge on any atom is 0.147 e. The van der Waals surface area contributed by atoms with E-state index in [9.17, 15) is 10.2 Å². The Morgan fingerprint density at radius 3 is 1.18 bits per heavy atom. The highest BCUT2D eigenvalue weighted by Crippen LogP contribution is 2.49. The molecule has 0 bridgehead atoms. The van der Waals surface area contributed by atoms with Crippen molar-refractivity contribution < 1.29 is 19.7 Å². The summed E-state index contributed by atoms with van der Waals surface area (Å²) in [5.41, 5.74) is 11.1. The van der Waals surface area contributed by atoms with Crippen LogP contribution >= 0.6 is 0 Å². The first-order valence-corrected chi connectivity index (χ1v) is 18.8. The Kier molecular flexibility index (Phi) is 8.56. The van der Waals surface area contributed by atoms with E-state index in [0.717, 1.165) is 71.4 Å². The van der Waals surface area contributed by atoms with E-state index in [4.69, 9.17) is 9.47 Å². The second kappa shape index (κ2) is 13.7. The number of phenolic OH excluding ortho intramolecular Hbond substituents is 2. The number of aryl methyl sites for hydroxylation is 3. The number of phenols is 2. The molecule has 0 saturated carbocycles. The van der Waals surface area contributed by atoms with Gasteiger partial charge in [0.1, 0.15) is 23.9 Å². The molecule has 0 radical (unpaired) electrons. The number of benzene rings is 7. The van der Waals surface area contributed by atoms with Crippen LogP contribution in [0, 0.1) is 20.8 Å². The van der Waals surface area contributed by atoms with Gasteiger partial charge in [0.25, 0.3) is 0 Å². The number of para-hydroxylation sites is 4.